The predicted molar refractivity (Wildman–Crippen MR) is 81.2 cm³/mol. The SMILES string of the molecule is CNC(c1ccc(Cl)c(C)c1)c1cc(C)c(Cl)s1. The van der Waals surface area contributed by atoms with Crippen LogP contribution in [0, 0.1) is 13.8 Å². The van der Waals surface area contributed by atoms with Gasteiger partial charge in [-0.2, -0.15) is 0 Å². The highest BCUT2D eigenvalue weighted by Gasteiger charge is 2.16. The van der Waals surface area contributed by atoms with Crippen LogP contribution >= 0.6 is 34.5 Å². The Hall–Kier alpha value is -0.540. The Kier molecular flexibility index (Phi) is 4.33. The normalized spacial score (nSPS) is 12.7. The Morgan fingerprint density at radius 1 is 1.11 bits per heavy atom. The van der Waals surface area contributed by atoms with Crippen LogP contribution in [-0.4, -0.2) is 7.05 Å². The van der Waals surface area contributed by atoms with E-state index in [9.17, 15) is 0 Å². The molecule has 1 N–H and O–H groups in total. The second-order valence-corrected chi connectivity index (χ2v) is 6.43. The van der Waals surface area contributed by atoms with Crippen molar-refractivity contribution >= 4 is 34.5 Å². The lowest BCUT2D eigenvalue weighted by atomic mass is 10.0. The maximum absolute atomic E-state index is 6.14. The fourth-order valence-corrected chi connectivity index (χ4v) is 3.42. The van der Waals surface area contributed by atoms with E-state index in [1.165, 1.54) is 10.4 Å². The van der Waals surface area contributed by atoms with Crippen LogP contribution in [0.25, 0.3) is 0 Å². The minimum atomic E-state index is 0.164. The lowest BCUT2D eigenvalue weighted by Crippen LogP contribution is -2.16. The number of halogens is 2. The first-order chi connectivity index (χ1) is 8.52. The standard InChI is InChI=1S/C14H15Cl2NS/c1-8-6-10(4-5-11(8)15)13(17-3)12-7-9(2)14(16)18-12/h4-7,13,17H,1-3H3. The minimum absolute atomic E-state index is 0.164. The molecular formula is C14H15Cl2NS. The van der Waals surface area contributed by atoms with E-state index >= 15 is 0 Å². The molecule has 1 nitrogen and oxygen atoms in total. The molecule has 96 valence electrons. The van der Waals surface area contributed by atoms with Crippen LogP contribution < -0.4 is 5.32 Å². The van der Waals surface area contributed by atoms with Gasteiger partial charge in [0.2, 0.25) is 0 Å². The first-order valence-corrected chi connectivity index (χ1v) is 7.29. The van der Waals surface area contributed by atoms with E-state index in [2.05, 4.69) is 23.5 Å². The third-order valence-corrected chi connectivity index (χ3v) is 5.01. The molecule has 0 amide bonds. The van der Waals surface area contributed by atoms with Crippen molar-refractivity contribution < 1.29 is 0 Å². The Morgan fingerprint density at radius 2 is 1.83 bits per heavy atom. The molecule has 0 aliphatic carbocycles. The van der Waals surface area contributed by atoms with Crippen molar-refractivity contribution in [3.05, 3.63) is 55.2 Å². The Bertz CT molecular complexity index is 543. The summed E-state index contributed by atoms with van der Waals surface area (Å²) < 4.78 is 0.857. The van der Waals surface area contributed by atoms with E-state index in [0.717, 1.165) is 20.5 Å². The number of hydrogen-bond donors (Lipinski definition) is 1. The fourth-order valence-electron chi connectivity index (χ4n) is 1.95. The molecule has 1 aromatic heterocycles. The molecule has 0 aliphatic heterocycles. The highest BCUT2D eigenvalue weighted by Crippen LogP contribution is 2.34. The van der Waals surface area contributed by atoms with E-state index in [4.69, 9.17) is 23.2 Å². The summed E-state index contributed by atoms with van der Waals surface area (Å²) in [7, 11) is 1.96. The van der Waals surface area contributed by atoms with Crippen LogP contribution in [0.5, 0.6) is 0 Å². The topological polar surface area (TPSA) is 12.0 Å². The van der Waals surface area contributed by atoms with Gasteiger partial charge in [0.25, 0.3) is 0 Å². The summed E-state index contributed by atoms with van der Waals surface area (Å²) in [5.74, 6) is 0. The summed E-state index contributed by atoms with van der Waals surface area (Å²) in [5.41, 5.74) is 3.42. The number of rotatable bonds is 3. The molecule has 0 saturated heterocycles. The average molecular weight is 300 g/mol. The van der Waals surface area contributed by atoms with Crippen molar-refractivity contribution in [2.75, 3.05) is 7.05 Å². The summed E-state index contributed by atoms with van der Waals surface area (Å²) in [6.45, 7) is 4.05. The first kappa shape index (κ1) is 13.9. The van der Waals surface area contributed by atoms with Crippen LogP contribution in [-0.2, 0) is 0 Å². The van der Waals surface area contributed by atoms with Crippen molar-refractivity contribution in [2.45, 2.75) is 19.9 Å². The molecular weight excluding hydrogens is 285 g/mol. The van der Waals surface area contributed by atoms with Crippen molar-refractivity contribution in [1.82, 2.24) is 5.32 Å². The highest BCUT2D eigenvalue weighted by atomic mass is 35.5. The Labute approximate surface area is 122 Å². The third kappa shape index (κ3) is 2.72. The van der Waals surface area contributed by atoms with Crippen molar-refractivity contribution in [3.8, 4) is 0 Å². The molecule has 2 rings (SSSR count). The van der Waals surface area contributed by atoms with E-state index in [0.29, 0.717) is 0 Å². The van der Waals surface area contributed by atoms with Gasteiger partial charge < -0.3 is 5.32 Å². The smallest absolute Gasteiger partial charge is 0.0961 e. The molecule has 1 unspecified atom stereocenters. The zero-order valence-electron chi connectivity index (χ0n) is 10.6. The van der Waals surface area contributed by atoms with Crippen molar-refractivity contribution in [1.29, 1.82) is 0 Å². The average Bonchev–Trinajstić information content (AvgIpc) is 2.65. The summed E-state index contributed by atoms with van der Waals surface area (Å²) in [6.07, 6.45) is 0. The van der Waals surface area contributed by atoms with Gasteiger partial charge in [-0.05, 0) is 49.7 Å². The van der Waals surface area contributed by atoms with Crippen molar-refractivity contribution in [3.63, 3.8) is 0 Å². The molecule has 1 aromatic carbocycles. The molecule has 0 fully saturated rings. The summed E-state index contributed by atoms with van der Waals surface area (Å²) in [6, 6.07) is 8.42. The van der Waals surface area contributed by atoms with Crippen LogP contribution in [0.4, 0.5) is 0 Å². The van der Waals surface area contributed by atoms with E-state index < -0.39 is 0 Å². The van der Waals surface area contributed by atoms with E-state index in [1.807, 2.05) is 27.0 Å². The summed E-state index contributed by atoms with van der Waals surface area (Å²) in [4.78, 5) is 1.22. The summed E-state index contributed by atoms with van der Waals surface area (Å²) >= 11 is 13.8. The molecule has 2 aromatic rings. The highest BCUT2D eigenvalue weighted by molar-refractivity contribution is 7.16. The molecule has 18 heavy (non-hydrogen) atoms. The molecule has 0 aliphatic rings. The molecule has 4 heteroatoms. The monoisotopic (exact) mass is 299 g/mol. The number of benzene rings is 1. The number of hydrogen-bond acceptors (Lipinski definition) is 2. The minimum Gasteiger partial charge on any atom is -0.309 e. The predicted octanol–water partition coefficient (Wildman–Crippen LogP) is 4.98. The number of aryl methyl sites for hydroxylation is 2. The molecule has 0 saturated carbocycles. The van der Waals surface area contributed by atoms with Crippen LogP contribution in [0.1, 0.15) is 27.6 Å². The van der Waals surface area contributed by atoms with Gasteiger partial charge in [-0.25, -0.2) is 0 Å². The molecule has 1 heterocycles. The zero-order chi connectivity index (χ0) is 13.3. The van der Waals surface area contributed by atoms with Crippen LogP contribution in [0.3, 0.4) is 0 Å². The molecule has 0 bridgehead atoms. The van der Waals surface area contributed by atoms with Gasteiger partial charge >= 0.3 is 0 Å². The lowest BCUT2D eigenvalue weighted by Gasteiger charge is -2.16. The maximum Gasteiger partial charge on any atom is 0.0961 e. The molecule has 1 atom stereocenters. The van der Waals surface area contributed by atoms with Gasteiger partial charge in [-0.1, -0.05) is 35.3 Å². The second kappa shape index (κ2) is 5.62. The number of thiophene rings is 1. The Balaban J connectivity index is 2.41. The van der Waals surface area contributed by atoms with Gasteiger partial charge in [0.05, 0.1) is 10.4 Å². The van der Waals surface area contributed by atoms with Crippen LogP contribution in [0.15, 0.2) is 24.3 Å². The Morgan fingerprint density at radius 3 is 2.33 bits per heavy atom. The van der Waals surface area contributed by atoms with Crippen molar-refractivity contribution in [2.24, 2.45) is 0 Å². The largest absolute Gasteiger partial charge is 0.309 e. The van der Waals surface area contributed by atoms with E-state index in [-0.39, 0.29) is 6.04 Å². The van der Waals surface area contributed by atoms with E-state index in [1.54, 1.807) is 11.3 Å². The zero-order valence-corrected chi connectivity index (χ0v) is 12.9. The van der Waals surface area contributed by atoms with Crippen LogP contribution in [0.2, 0.25) is 9.36 Å². The first-order valence-electron chi connectivity index (χ1n) is 5.72. The third-order valence-electron chi connectivity index (χ3n) is 2.96. The van der Waals surface area contributed by atoms with Gasteiger partial charge in [0.1, 0.15) is 0 Å². The second-order valence-electron chi connectivity index (χ2n) is 4.34. The van der Waals surface area contributed by atoms with Gasteiger partial charge in [-0.15, -0.1) is 11.3 Å². The van der Waals surface area contributed by atoms with Gasteiger partial charge in [0.15, 0.2) is 0 Å². The molecule has 0 radical (unpaired) electrons. The molecule has 0 spiro atoms. The quantitative estimate of drug-likeness (QED) is 0.843. The van der Waals surface area contributed by atoms with Gasteiger partial charge in [0, 0.05) is 9.90 Å². The summed E-state index contributed by atoms with van der Waals surface area (Å²) in [5, 5.41) is 4.13. The van der Waals surface area contributed by atoms with Gasteiger partial charge in [-0.3, -0.25) is 0 Å². The maximum atomic E-state index is 6.14. The lowest BCUT2D eigenvalue weighted by molar-refractivity contribution is 0.703. The number of nitrogens with one attached hydrogen (secondary N) is 1. The fraction of sp³-hybridized carbons (Fsp3) is 0.286.